The first kappa shape index (κ1) is 23.5. The van der Waals surface area contributed by atoms with E-state index in [0.717, 1.165) is 6.42 Å². The van der Waals surface area contributed by atoms with Crippen LogP contribution in [0.5, 0.6) is 0 Å². The van der Waals surface area contributed by atoms with Crippen molar-refractivity contribution in [2.75, 3.05) is 13.1 Å². The normalized spacial score (nSPS) is 12.3. The maximum atomic E-state index is 13.1. The van der Waals surface area contributed by atoms with Crippen LogP contribution in [-0.2, 0) is 11.2 Å². The van der Waals surface area contributed by atoms with Crippen molar-refractivity contribution < 1.29 is 9.59 Å². The van der Waals surface area contributed by atoms with Crippen LogP contribution in [0.4, 0.5) is 0 Å². The lowest BCUT2D eigenvalue weighted by atomic mass is 9.90. The first-order valence-corrected chi connectivity index (χ1v) is 11.4. The van der Waals surface area contributed by atoms with E-state index < -0.39 is 0 Å². The zero-order chi connectivity index (χ0) is 23.1. The van der Waals surface area contributed by atoms with Gasteiger partial charge < -0.3 is 10.6 Å². The molecule has 0 spiro atoms. The first-order valence-electron chi connectivity index (χ1n) is 11.4. The fourth-order valence-electron chi connectivity index (χ4n) is 3.81. The Morgan fingerprint density at radius 1 is 0.906 bits per heavy atom. The molecule has 3 rings (SSSR count). The Hall–Kier alpha value is -3.15. The summed E-state index contributed by atoms with van der Waals surface area (Å²) in [5, 5.41) is 6.02. The van der Waals surface area contributed by atoms with Gasteiger partial charge in [0.1, 0.15) is 11.3 Å². The van der Waals surface area contributed by atoms with Crippen molar-refractivity contribution in [3.8, 4) is 0 Å². The average molecular weight is 435 g/mol. The van der Waals surface area contributed by atoms with Gasteiger partial charge >= 0.3 is 0 Å². The summed E-state index contributed by atoms with van der Waals surface area (Å²) in [6, 6.07) is 15.8. The van der Waals surface area contributed by atoms with Crippen LogP contribution in [0.3, 0.4) is 0 Å². The number of amides is 2. The Kier molecular flexibility index (Phi) is 8.03. The number of aromatic nitrogens is 2. The predicted octanol–water partition coefficient (Wildman–Crippen LogP) is 4.21. The lowest BCUT2D eigenvalue weighted by Gasteiger charge is -2.20. The highest BCUT2D eigenvalue weighted by Gasteiger charge is 2.17. The van der Waals surface area contributed by atoms with Crippen LogP contribution in [0, 0.1) is 11.8 Å². The third kappa shape index (κ3) is 6.42. The van der Waals surface area contributed by atoms with Crippen LogP contribution < -0.4 is 10.6 Å². The van der Waals surface area contributed by atoms with Crippen LogP contribution in [0.2, 0.25) is 0 Å². The Labute approximate surface area is 190 Å². The molecule has 0 bridgehead atoms. The van der Waals surface area contributed by atoms with E-state index in [9.17, 15) is 9.59 Å². The molecular formula is C26H34N4O2. The highest BCUT2D eigenvalue weighted by atomic mass is 16.2. The standard InChI is InChI=1S/C26H34N4O2/c1-18(2)13-21(20-9-6-5-7-10-20)16-28-26(32)23-11-8-12-24-29-22(17-30(23)24)14-25(31)27-15-19(3)4/h5-12,17-19,21H,13-16H2,1-4H3,(H,27,31)(H,28,32). The Balaban J connectivity index is 1.71. The maximum Gasteiger partial charge on any atom is 0.268 e. The van der Waals surface area contributed by atoms with Gasteiger partial charge in [0.2, 0.25) is 5.91 Å². The lowest BCUT2D eigenvalue weighted by molar-refractivity contribution is -0.120. The van der Waals surface area contributed by atoms with E-state index in [1.54, 1.807) is 16.7 Å². The molecule has 1 aromatic carbocycles. The Morgan fingerprint density at radius 2 is 1.66 bits per heavy atom. The van der Waals surface area contributed by atoms with E-state index in [-0.39, 0.29) is 24.2 Å². The minimum atomic E-state index is -0.145. The topological polar surface area (TPSA) is 75.5 Å². The van der Waals surface area contributed by atoms with Crippen molar-refractivity contribution >= 4 is 17.5 Å². The van der Waals surface area contributed by atoms with Crippen LogP contribution in [0.15, 0.2) is 54.7 Å². The van der Waals surface area contributed by atoms with Gasteiger partial charge in [0, 0.05) is 25.2 Å². The molecule has 6 heteroatoms. The van der Waals surface area contributed by atoms with E-state index in [2.05, 4.69) is 55.4 Å². The molecule has 2 N–H and O–H groups in total. The number of rotatable bonds is 10. The molecule has 6 nitrogen and oxygen atoms in total. The molecule has 0 saturated carbocycles. The van der Waals surface area contributed by atoms with Gasteiger partial charge in [0.05, 0.1) is 12.1 Å². The summed E-state index contributed by atoms with van der Waals surface area (Å²) in [6.07, 6.45) is 2.97. The summed E-state index contributed by atoms with van der Waals surface area (Å²) in [6.45, 7) is 9.71. The fourth-order valence-corrected chi connectivity index (χ4v) is 3.81. The number of carbonyl (C=O) groups is 2. The third-order valence-corrected chi connectivity index (χ3v) is 5.36. The molecule has 32 heavy (non-hydrogen) atoms. The molecule has 2 heterocycles. The van der Waals surface area contributed by atoms with Gasteiger partial charge in [-0.05, 0) is 36.0 Å². The van der Waals surface area contributed by atoms with Gasteiger partial charge in [0.15, 0.2) is 0 Å². The van der Waals surface area contributed by atoms with Crippen molar-refractivity contribution in [2.45, 2.75) is 46.5 Å². The summed E-state index contributed by atoms with van der Waals surface area (Å²) < 4.78 is 1.76. The molecule has 2 aromatic heterocycles. The molecular weight excluding hydrogens is 400 g/mol. The van der Waals surface area contributed by atoms with Crippen molar-refractivity contribution in [3.05, 3.63) is 71.7 Å². The SMILES string of the molecule is CC(C)CNC(=O)Cc1cn2c(C(=O)NCC(CC(C)C)c3ccccc3)cccc2n1. The quantitative estimate of drug-likeness (QED) is 0.502. The van der Waals surface area contributed by atoms with Gasteiger partial charge in [-0.1, -0.05) is 64.1 Å². The van der Waals surface area contributed by atoms with Gasteiger partial charge in [-0.25, -0.2) is 4.98 Å². The first-order chi connectivity index (χ1) is 15.3. The number of hydrogen-bond donors (Lipinski definition) is 2. The molecule has 0 radical (unpaired) electrons. The highest BCUT2D eigenvalue weighted by Crippen LogP contribution is 2.23. The van der Waals surface area contributed by atoms with Crippen LogP contribution >= 0.6 is 0 Å². The Morgan fingerprint density at radius 3 is 2.34 bits per heavy atom. The molecule has 170 valence electrons. The second-order valence-electron chi connectivity index (χ2n) is 9.19. The van der Waals surface area contributed by atoms with E-state index >= 15 is 0 Å². The summed E-state index contributed by atoms with van der Waals surface area (Å²) in [5.41, 5.74) is 3.05. The monoisotopic (exact) mass is 434 g/mol. The van der Waals surface area contributed by atoms with E-state index in [0.29, 0.717) is 42.0 Å². The molecule has 0 aliphatic rings. The number of carbonyl (C=O) groups excluding carboxylic acids is 2. The molecule has 1 unspecified atom stereocenters. The second-order valence-corrected chi connectivity index (χ2v) is 9.19. The fraction of sp³-hybridized carbons (Fsp3) is 0.423. The van der Waals surface area contributed by atoms with Crippen molar-refractivity contribution in [3.63, 3.8) is 0 Å². The zero-order valence-electron chi connectivity index (χ0n) is 19.5. The number of pyridine rings is 1. The molecule has 0 aliphatic heterocycles. The van der Waals surface area contributed by atoms with E-state index in [1.807, 2.05) is 30.3 Å². The van der Waals surface area contributed by atoms with Gasteiger partial charge in [-0.3, -0.25) is 14.0 Å². The summed E-state index contributed by atoms with van der Waals surface area (Å²) in [7, 11) is 0. The molecule has 0 saturated heterocycles. The summed E-state index contributed by atoms with van der Waals surface area (Å²) in [4.78, 5) is 29.8. The number of nitrogens with zero attached hydrogens (tertiary/aromatic N) is 2. The number of hydrogen-bond acceptors (Lipinski definition) is 3. The number of benzene rings is 1. The molecule has 1 atom stereocenters. The average Bonchev–Trinajstić information content (AvgIpc) is 3.17. The largest absolute Gasteiger partial charge is 0.356 e. The number of imidazole rings is 1. The molecule has 2 amide bonds. The molecule has 3 aromatic rings. The van der Waals surface area contributed by atoms with Gasteiger partial charge in [0.25, 0.3) is 5.91 Å². The minimum absolute atomic E-state index is 0.0625. The van der Waals surface area contributed by atoms with Crippen LogP contribution in [0.1, 0.15) is 61.8 Å². The minimum Gasteiger partial charge on any atom is -0.356 e. The van der Waals surface area contributed by atoms with Crippen LogP contribution in [-0.4, -0.2) is 34.3 Å². The highest BCUT2D eigenvalue weighted by molar-refractivity contribution is 5.93. The van der Waals surface area contributed by atoms with Crippen LogP contribution in [0.25, 0.3) is 5.65 Å². The van der Waals surface area contributed by atoms with Crippen molar-refractivity contribution in [1.29, 1.82) is 0 Å². The molecule has 0 fully saturated rings. The second kappa shape index (κ2) is 10.9. The van der Waals surface area contributed by atoms with Crippen molar-refractivity contribution in [1.82, 2.24) is 20.0 Å². The summed E-state index contributed by atoms with van der Waals surface area (Å²) >= 11 is 0. The van der Waals surface area contributed by atoms with E-state index in [4.69, 9.17) is 0 Å². The van der Waals surface area contributed by atoms with E-state index in [1.165, 1.54) is 5.56 Å². The van der Waals surface area contributed by atoms with Crippen molar-refractivity contribution in [2.24, 2.45) is 11.8 Å². The zero-order valence-corrected chi connectivity index (χ0v) is 19.5. The number of fused-ring (bicyclic) bond motifs is 1. The maximum absolute atomic E-state index is 13.1. The predicted molar refractivity (Wildman–Crippen MR) is 128 cm³/mol. The number of nitrogens with one attached hydrogen (secondary N) is 2. The van der Waals surface area contributed by atoms with Gasteiger partial charge in [-0.15, -0.1) is 0 Å². The Bertz CT molecular complexity index is 1040. The van der Waals surface area contributed by atoms with Gasteiger partial charge in [-0.2, -0.15) is 0 Å². The summed E-state index contributed by atoms with van der Waals surface area (Å²) in [5.74, 6) is 0.965. The smallest absolute Gasteiger partial charge is 0.268 e. The lowest BCUT2D eigenvalue weighted by Crippen LogP contribution is -2.30. The third-order valence-electron chi connectivity index (χ3n) is 5.36. The molecule has 0 aliphatic carbocycles.